The lowest BCUT2D eigenvalue weighted by Crippen LogP contribution is -2.26. The zero-order chi connectivity index (χ0) is 13.3. The van der Waals surface area contributed by atoms with Gasteiger partial charge in [0, 0.05) is 16.5 Å². The number of fused-ring (bicyclic) bond motifs is 1. The summed E-state index contributed by atoms with van der Waals surface area (Å²) in [6.45, 7) is 0.223. The Balaban J connectivity index is 2.17. The van der Waals surface area contributed by atoms with E-state index in [0.717, 1.165) is 23.7 Å². The van der Waals surface area contributed by atoms with Crippen LogP contribution in [0.2, 0.25) is 0 Å². The molecule has 0 bridgehead atoms. The van der Waals surface area contributed by atoms with Crippen LogP contribution in [0.15, 0.2) is 53.0 Å². The Bertz CT molecular complexity index is 575. The van der Waals surface area contributed by atoms with Crippen molar-refractivity contribution in [2.45, 2.75) is 24.7 Å². The number of benzene rings is 2. The maximum atomic E-state index is 9.54. The van der Waals surface area contributed by atoms with E-state index < -0.39 is 0 Å². The van der Waals surface area contributed by atoms with Gasteiger partial charge in [0.1, 0.15) is 0 Å². The standard InChI is InChI=1S/C17H17BrO/c18-15-7-6-13-8-9-17(10-11-19,16(13)12-15)14-4-2-1-3-5-14/h1-7,12,19H,8-11H2. The summed E-state index contributed by atoms with van der Waals surface area (Å²) in [5, 5.41) is 9.54. The molecule has 0 radical (unpaired) electrons. The molecule has 0 saturated heterocycles. The molecule has 2 aromatic rings. The van der Waals surface area contributed by atoms with Crippen molar-refractivity contribution in [1.82, 2.24) is 0 Å². The lowest BCUT2D eigenvalue weighted by atomic mass is 9.73. The van der Waals surface area contributed by atoms with Crippen molar-refractivity contribution in [2.24, 2.45) is 0 Å². The monoisotopic (exact) mass is 316 g/mol. The van der Waals surface area contributed by atoms with Crippen LogP contribution in [0.5, 0.6) is 0 Å². The van der Waals surface area contributed by atoms with E-state index in [1.54, 1.807) is 0 Å². The van der Waals surface area contributed by atoms with Crippen molar-refractivity contribution >= 4 is 15.9 Å². The number of aliphatic hydroxyl groups excluding tert-OH is 1. The molecular formula is C17H17BrO. The highest BCUT2D eigenvalue weighted by molar-refractivity contribution is 9.10. The van der Waals surface area contributed by atoms with Crippen LogP contribution in [0.25, 0.3) is 0 Å². The summed E-state index contributed by atoms with van der Waals surface area (Å²) < 4.78 is 1.12. The molecule has 19 heavy (non-hydrogen) atoms. The fourth-order valence-corrected chi connectivity index (χ4v) is 3.71. The van der Waals surface area contributed by atoms with Gasteiger partial charge in [-0.15, -0.1) is 0 Å². The van der Waals surface area contributed by atoms with E-state index in [1.165, 1.54) is 16.7 Å². The molecule has 1 N–H and O–H groups in total. The first kappa shape index (κ1) is 12.9. The number of hydrogen-bond donors (Lipinski definition) is 1. The molecule has 0 fully saturated rings. The maximum Gasteiger partial charge on any atom is 0.0442 e. The molecule has 1 aliphatic rings. The van der Waals surface area contributed by atoms with Crippen LogP contribution in [0.3, 0.4) is 0 Å². The third kappa shape index (κ3) is 2.13. The van der Waals surface area contributed by atoms with E-state index >= 15 is 0 Å². The van der Waals surface area contributed by atoms with Gasteiger partial charge in [-0.05, 0) is 48.1 Å². The summed E-state index contributed by atoms with van der Waals surface area (Å²) in [6, 6.07) is 17.1. The lowest BCUT2D eigenvalue weighted by molar-refractivity contribution is 0.252. The van der Waals surface area contributed by atoms with E-state index in [2.05, 4.69) is 58.4 Å². The van der Waals surface area contributed by atoms with Crippen molar-refractivity contribution in [2.75, 3.05) is 6.61 Å². The van der Waals surface area contributed by atoms with Gasteiger partial charge in [-0.25, -0.2) is 0 Å². The summed E-state index contributed by atoms with van der Waals surface area (Å²) in [4.78, 5) is 0. The number of halogens is 1. The van der Waals surface area contributed by atoms with Crippen molar-refractivity contribution in [3.05, 3.63) is 69.7 Å². The Hall–Kier alpha value is -1.12. The molecule has 1 atom stereocenters. The van der Waals surface area contributed by atoms with Crippen LogP contribution < -0.4 is 0 Å². The first-order valence-electron chi connectivity index (χ1n) is 6.71. The van der Waals surface area contributed by atoms with Gasteiger partial charge in [0.2, 0.25) is 0 Å². The minimum atomic E-state index is -0.0187. The van der Waals surface area contributed by atoms with Gasteiger partial charge in [-0.2, -0.15) is 0 Å². The Kier molecular flexibility index (Phi) is 3.46. The van der Waals surface area contributed by atoms with Gasteiger partial charge in [0.05, 0.1) is 0 Å². The van der Waals surface area contributed by atoms with E-state index in [1.807, 2.05) is 6.07 Å². The van der Waals surface area contributed by atoms with Gasteiger partial charge in [-0.3, -0.25) is 0 Å². The molecule has 98 valence electrons. The minimum absolute atomic E-state index is 0.0187. The molecule has 0 aliphatic heterocycles. The molecule has 1 aliphatic carbocycles. The summed E-state index contributed by atoms with van der Waals surface area (Å²) in [7, 11) is 0. The predicted octanol–water partition coefficient (Wildman–Crippen LogP) is 4.06. The zero-order valence-corrected chi connectivity index (χ0v) is 12.4. The van der Waals surface area contributed by atoms with E-state index in [4.69, 9.17) is 0 Å². The Morgan fingerprint density at radius 3 is 2.63 bits per heavy atom. The van der Waals surface area contributed by atoms with Crippen molar-refractivity contribution in [1.29, 1.82) is 0 Å². The number of aliphatic hydroxyl groups is 1. The normalized spacial score (nSPS) is 21.4. The molecule has 1 unspecified atom stereocenters. The van der Waals surface area contributed by atoms with Crippen LogP contribution in [0, 0.1) is 0 Å². The topological polar surface area (TPSA) is 20.2 Å². The number of rotatable bonds is 3. The van der Waals surface area contributed by atoms with Gasteiger partial charge in [0.15, 0.2) is 0 Å². The molecule has 2 heteroatoms. The van der Waals surface area contributed by atoms with Crippen LogP contribution in [-0.4, -0.2) is 11.7 Å². The fourth-order valence-electron chi connectivity index (χ4n) is 3.35. The molecular weight excluding hydrogens is 300 g/mol. The predicted molar refractivity (Wildman–Crippen MR) is 81.4 cm³/mol. The number of aryl methyl sites for hydroxylation is 1. The maximum absolute atomic E-state index is 9.54. The van der Waals surface area contributed by atoms with Crippen LogP contribution >= 0.6 is 15.9 Å². The molecule has 0 heterocycles. The zero-order valence-electron chi connectivity index (χ0n) is 10.8. The van der Waals surface area contributed by atoms with E-state index in [9.17, 15) is 5.11 Å². The third-order valence-electron chi connectivity index (χ3n) is 4.27. The van der Waals surface area contributed by atoms with Crippen LogP contribution in [-0.2, 0) is 11.8 Å². The number of hydrogen-bond acceptors (Lipinski definition) is 1. The Morgan fingerprint density at radius 1 is 1.11 bits per heavy atom. The van der Waals surface area contributed by atoms with Crippen molar-refractivity contribution in [3.8, 4) is 0 Å². The quantitative estimate of drug-likeness (QED) is 0.905. The molecule has 0 aromatic heterocycles. The average molecular weight is 317 g/mol. The second kappa shape index (κ2) is 5.10. The fraction of sp³-hybridized carbons (Fsp3) is 0.294. The van der Waals surface area contributed by atoms with Gasteiger partial charge < -0.3 is 5.11 Å². The van der Waals surface area contributed by atoms with Gasteiger partial charge in [0.25, 0.3) is 0 Å². The highest BCUT2D eigenvalue weighted by atomic mass is 79.9. The largest absolute Gasteiger partial charge is 0.396 e. The highest BCUT2D eigenvalue weighted by Crippen LogP contribution is 2.47. The molecule has 1 nitrogen and oxygen atoms in total. The molecule has 0 saturated carbocycles. The molecule has 0 spiro atoms. The average Bonchev–Trinajstić information content (AvgIpc) is 2.80. The van der Waals surface area contributed by atoms with E-state index in [0.29, 0.717) is 0 Å². The van der Waals surface area contributed by atoms with Crippen LogP contribution in [0.1, 0.15) is 29.5 Å². The van der Waals surface area contributed by atoms with E-state index in [-0.39, 0.29) is 12.0 Å². The molecule has 0 amide bonds. The first-order chi connectivity index (χ1) is 9.26. The highest BCUT2D eigenvalue weighted by Gasteiger charge is 2.39. The summed E-state index contributed by atoms with van der Waals surface area (Å²) >= 11 is 3.58. The minimum Gasteiger partial charge on any atom is -0.396 e. The summed E-state index contributed by atoms with van der Waals surface area (Å²) in [5.41, 5.74) is 4.10. The van der Waals surface area contributed by atoms with Gasteiger partial charge in [-0.1, -0.05) is 52.3 Å². The van der Waals surface area contributed by atoms with Crippen molar-refractivity contribution < 1.29 is 5.11 Å². The van der Waals surface area contributed by atoms with Crippen molar-refractivity contribution in [3.63, 3.8) is 0 Å². The Labute approximate surface area is 122 Å². The summed E-state index contributed by atoms with van der Waals surface area (Å²) in [6.07, 6.45) is 2.97. The first-order valence-corrected chi connectivity index (χ1v) is 7.51. The smallest absolute Gasteiger partial charge is 0.0442 e. The molecule has 2 aromatic carbocycles. The van der Waals surface area contributed by atoms with Crippen LogP contribution in [0.4, 0.5) is 0 Å². The second-order valence-corrected chi connectivity index (χ2v) is 6.14. The third-order valence-corrected chi connectivity index (χ3v) is 4.77. The molecule has 3 rings (SSSR count). The Morgan fingerprint density at radius 2 is 1.89 bits per heavy atom. The summed E-state index contributed by atoms with van der Waals surface area (Å²) in [5.74, 6) is 0. The second-order valence-electron chi connectivity index (χ2n) is 5.22. The SMILES string of the molecule is OCCC1(c2ccccc2)CCc2ccc(Br)cc21. The van der Waals surface area contributed by atoms with Gasteiger partial charge >= 0.3 is 0 Å². The lowest BCUT2D eigenvalue weighted by Gasteiger charge is -2.31.